The number of carbonyl (C=O) groups is 1. The molecule has 0 saturated heterocycles. The summed E-state index contributed by atoms with van der Waals surface area (Å²) >= 11 is 0. The number of rotatable bonds is 3. The third kappa shape index (κ3) is 3.26. The number of Topliss-reactive ketones (excluding diaryl/α,β-unsaturated/α-hetero) is 1. The second kappa shape index (κ2) is 5.49. The van der Waals surface area contributed by atoms with E-state index in [1.54, 1.807) is 12.2 Å². The van der Waals surface area contributed by atoms with E-state index in [4.69, 9.17) is 0 Å². The maximum atomic E-state index is 12.7. The zero-order valence-electron chi connectivity index (χ0n) is 10.7. The van der Waals surface area contributed by atoms with Crippen molar-refractivity contribution in [3.05, 3.63) is 65.3 Å². The maximum Gasteiger partial charge on any atom is 0.419 e. The Hall–Kier alpha value is -2.10. The first-order chi connectivity index (χ1) is 9.40. The summed E-state index contributed by atoms with van der Waals surface area (Å²) in [7, 11) is 0. The number of alkyl halides is 3. The van der Waals surface area contributed by atoms with Crippen LogP contribution in [0, 0.1) is 0 Å². The van der Waals surface area contributed by atoms with Gasteiger partial charge in [-0.1, -0.05) is 43.0 Å². The summed E-state index contributed by atoms with van der Waals surface area (Å²) in [4.78, 5) is 11.3. The lowest BCUT2D eigenvalue weighted by Gasteiger charge is -2.15. The van der Waals surface area contributed by atoms with Crippen molar-refractivity contribution < 1.29 is 18.0 Å². The average Bonchev–Trinajstić information content (AvgIpc) is 2.40. The van der Waals surface area contributed by atoms with E-state index in [9.17, 15) is 18.0 Å². The zero-order chi connectivity index (χ0) is 14.8. The van der Waals surface area contributed by atoms with Gasteiger partial charge < -0.3 is 0 Å². The van der Waals surface area contributed by atoms with Crippen LogP contribution >= 0.6 is 0 Å². The standard InChI is InChI=1S/C16H13F3O/c1-2-11-3-5-12(6-4-11)9-13-7-8-15(20)14(10-13)16(17,18)19/h2-7,10H,1,8-9H2. The molecule has 0 unspecified atom stereocenters. The second-order valence-electron chi connectivity index (χ2n) is 4.58. The van der Waals surface area contributed by atoms with Gasteiger partial charge in [0.15, 0.2) is 5.78 Å². The normalized spacial score (nSPS) is 15.7. The predicted octanol–water partition coefficient (Wildman–Crippen LogP) is 4.26. The molecule has 0 bridgehead atoms. The quantitative estimate of drug-likeness (QED) is 0.807. The molecule has 2 rings (SSSR count). The first kappa shape index (κ1) is 14.3. The number of hydrogen-bond donors (Lipinski definition) is 0. The first-order valence-electron chi connectivity index (χ1n) is 6.12. The monoisotopic (exact) mass is 278 g/mol. The van der Waals surface area contributed by atoms with Crippen LogP contribution in [0.25, 0.3) is 6.08 Å². The fourth-order valence-electron chi connectivity index (χ4n) is 2.03. The lowest BCUT2D eigenvalue weighted by atomic mass is 9.93. The molecule has 0 fully saturated rings. The van der Waals surface area contributed by atoms with Gasteiger partial charge in [-0.25, -0.2) is 0 Å². The number of halogens is 3. The van der Waals surface area contributed by atoms with Crippen LogP contribution in [-0.2, 0) is 11.2 Å². The fraction of sp³-hybridized carbons (Fsp3) is 0.188. The Morgan fingerprint density at radius 2 is 1.85 bits per heavy atom. The Bertz CT molecular complexity index is 589. The molecule has 0 aliphatic heterocycles. The van der Waals surface area contributed by atoms with Crippen LogP contribution in [0.2, 0.25) is 0 Å². The number of benzene rings is 1. The molecule has 0 aromatic heterocycles. The van der Waals surface area contributed by atoms with Gasteiger partial charge >= 0.3 is 6.18 Å². The van der Waals surface area contributed by atoms with Gasteiger partial charge in [0, 0.05) is 6.42 Å². The number of carbonyl (C=O) groups excluding carboxylic acids is 1. The van der Waals surface area contributed by atoms with Gasteiger partial charge in [-0.3, -0.25) is 4.79 Å². The Balaban J connectivity index is 2.19. The van der Waals surface area contributed by atoms with Crippen molar-refractivity contribution >= 4 is 11.9 Å². The van der Waals surface area contributed by atoms with Crippen LogP contribution < -0.4 is 0 Å². The smallest absolute Gasteiger partial charge is 0.294 e. The third-order valence-electron chi connectivity index (χ3n) is 3.11. The molecule has 4 heteroatoms. The molecule has 0 spiro atoms. The van der Waals surface area contributed by atoms with Crippen molar-refractivity contribution in [3.8, 4) is 0 Å². The molecular formula is C16H13F3O. The summed E-state index contributed by atoms with van der Waals surface area (Å²) in [5.74, 6) is -0.872. The maximum absolute atomic E-state index is 12.7. The molecule has 1 aromatic rings. The molecule has 1 aliphatic carbocycles. The van der Waals surface area contributed by atoms with E-state index in [-0.39, 0.29) is 6.42 Å². The predicted molar refractivity (Wildman–Crippen MR) is 72.1 cm³/mol. The Morgan fingerprint density at radius 1 is 1.20 bits per heavy atom. The fourth-order valence-corrected chi connectivity index (χ4v) is 2.03. The van der Waals surface area contributed by atoms with Crippen LogP contribution in [0.15, 0.2) is 54.1 Å². The molecule has 104 valence electrons. The van der Waals surface area contributed by atoms with Gasteiger partial charge in [0.05, 0.1) is 5.57 Å². The molecule has 20 heavy (non-hydrogen) atoms. The first-order valence-corrected chi connectivity index (χ1v) is 6.12. The minimum absolute atomic E-state index is 0.189. The summed E-state index contributed by atoms with van der Waals surface area (Å²) in [6.07, 6.45) is -0.185. The summed E-state index contributed by atoms with van der Waals surface area (Å²) < 4.78 is 38.0. The van der Waals surface area contributed by atoms with Crippen molar-refractivity contribution in [1.82, 2.24) is 0 Å². The molecular weight excluding hydrogens is 265 g/mol. The number of hydrogen-bond acceptors (Lipinski definition) is 1. The van der Waals surface area contributed by atoms with Crippen molar-refractivity contribution in [2.75, 3.05) is 0 Å². The molecule has 0 radical (unpaired) electrons. The highest BCUT2D eigenvalue weighted by atomic mass is 19.4. The SMILES string of the molecule is C=Cc1ccc(CC2=CCC(=O)C(C(F)(F)F)=C2)cc1. The Morgan fingerprint density at radius 3 is 2.40 bits per heavy atom. The highest BCUT2D eigenvalue weighted by Crippen LogP contribution is 2.31. The van der Waals surface area contributed by atoms with Gasteiger partial charge in [0.1, 0.15) is 0 Å². The molecule has 1 nitrogen and oxygen atoms in total. The van der Waals surface area contributed by atoms with E-state index in [0.717, 1.165) is 17.2 Å². The van der Waals surface area contributed by atoms with Crippen LogP contribution in [0.1, 0.15) is 17.5 Å². The number of ketones is 1. The van der Waals surface area contributed by atoms with Crippen LogP contribution in [0.5, 0.6) is 0 Å². The molecule has 0 heterocycles. The Labute approximate surface area is 115 Å². The van der Waals surface area contributed by atoms with E-state index in [0.29, 0.717) is 12.0 Å². The van der Waals surface area contributed by atoms with Gasteiger partial charge in [-0.05, 0) is 29.2 Å². The number of allylic oxidation sites excluding steroid dienone is 4. The molecule has 1 aliphatic rings. The van der Waals surface area contributed by atoms with Gasteiger partial charge in [0.2, 0.25) is 0 Å². The van der Waals surface area contributed by atoms with Crippen molar-refractivity contribution in [2.24, 2.45) is 0 Å². The molecule has 0 atom stereocenters. The van der Waals surface area contributed by atoms with Crippen molar-refractivity contribution in [2.45, 2.75) is 19.0 Å². The lowest BCUT2D eigenvalue weighted by molar-refractivity contribution is -0.128. The van der Waals surface area contributed by atoms with E-state index in [1.807, 2.05) is 24.3 Å². The largest absolute Gasteiger partial charge is 0.419 e. The molecule has 0 saturated carbocycles. The minimum Gasteiger partial charge on any atom is -0.294 e. The van der Waals surface area contributed by atoms with E-state index >= 15 is 0 Å². The van der Waals surface area contributed by atoms with E-state index in [2.05, 4.69) is 6.58 Å². The summed E-state index contributed by atoms with van der Waals surface area (Å²) in [5, 5.41) is 0. The van der Waals surface area contributed by atoms with Crippen LogP contribution in [-0.4, -0.2) is 12.0 Å². The van der Waals surface area contributed by atoms with Crippen molar-refractivity contribution in [3.63, 3.8) is 0 Å². The molecule has 1 aromatic carbocycles. The summed E-state index contributed by atoms with van der Waals surface area (Å²) in [6.45, 7) is 3.64. The lowest BCUT2D eigenvalue weighted by Crippen LogP contribution is -2.22. The molecule has 0 N–H and O–H groups in total. The highest BCUT2D eigenvalue weighted by Gasteiger charge is 2.38. The average molecular weight is 278 g/mol. The molecule has 0 amide bonds. The summed E-state index contributed by atoms with van der Waals surface area (Å²) in [5.41, 5.74) is 1.31. The van der Waals surface area contributed by atoms with E-state index in [1.165, 1.54) is 0 Å². The summed E-state index contributed by atoms with van der Waals surface area (Å²) in [6, 6.07) is 7.39. The van der Waals surface area contributed by atoms with Crippen LogP contribution in [0.4, 0.5) is 13.2 Å². The topological polar surface area (TPSA) is 17.1 Å². The minimum atomic E-state index is -4.58. The van der Waals surface area contributed by atoms with Crippen molar-refractivity contribution in [1.29, 1.82) is 0 Å². The third-order valence-corrected chi connectivity index (χ3v) is 3.11. The Kier molecular flexibility index (Phi) is 3.93. The van der Waals surface area contributed by atoms with Gasteiger partial charge in [0.25, 0.3) is 0 Å². The highest BCUT2D eigenvalue weighted by molar-refractivity contribution is 5.99. The van der Waals surface area contributed by atoms with E-state index < -0.39 is 17.5 Å². The zero-order valence-corrected chi connectivity index (χ0v) is 10.7. The second-order valence-corrected chi connectivity index (χ2v) is 4.58. The van der Waals surface area contributed by atoms with Gasteiger partial charge in [-0.2, -0.15) is 13.2 Å². The van der Waals surface area contributed by atoms with Gasteiger partial charge in [-0.15, -0.1) is 0 Å². The van der Waals surface area contributed by atoms with Crippen LogP contribution in [0.3, 0.4) is 0 Å².